The van der Waals surface area contributed by atoms with E-state index in [2.05, 4.69) is 15.9 Å². The summed E-state index contributed by atoms with van der Waals surface area (Å²) in [5.41, 5.74) is 2.85. The average molecular weight is 341 g/mol. The van der Waals surface area contributed by atoms with E-state index >= 15 is 0 Å². The molecule has 0 unspecified atom stereocenters. The fourth-order valence-corrected chi connectivity index (χ4v) is 3.01. The number of hydrogen-bond donors (Lipinski definition) is 0. The first-order valence-electron chi connectivity index (χ1n) is 5.92. The van der Waals surface area contributed by atoms with Gasteiger partial charge >= 0.3 is 0 Å². The van der Waals surface area contributed by atoms with Gasteiger partial charge in [-0.05, 0) is 53.0 Å². The van der Waals surface area contributed by atoms with Crippen molar-refractivity contribution in [3.63, 3.8) is 0 Å². The first kappa shape index (κ1) is 12.8. The molecule has 0 fully saturated rings. The topological polar surface area (TPSA) is 33.5 Å². The molecule has 1 aromatic heterocycles. The molecule has 1 aromatic carbocycles. The highest BCUT2D eigenvalue weighted by molar-refractivity contribution is 9.10. The van der Waals surface area contributed by atoms with Gasteiger partial charge in [0.2, 0.25) is 0 Å². The lowest BCUT2D eigenvalue weighted by Crippen LogP contribution is -2.29. The van der Waals surface area contributed by atoms with E-state index in [4.69, 9.17) is 16.0 Å². The van der Waals surface area contributed by atoms with Crippen LogP contribution in [0.5, 0.6) is 0 Å². The fourth-order valence-electron chi connectivity index (χ4n) is 2.34. The molecule has 0 saturated heterocycles. The quantitative estimate of drug-likeness (QED) is 0.779. The van der Waals surface area contributed by atoms with Crippen LogP contribution in [0.1, 0.15) is 21.7 Å². The Labute approximate surface area is 124 Å². The van der Waals surface area contributed by atoms with E-state index < -0.39 is 0 Å². The molecule has 0 saturated carbocycles. The Kier molecular flexibility index (Phi) is 3.15. The van der Waals surface area contributed by atoms with Crippen LogP contribution in [0.15, 0.2) is 33.4 Å². The zero-order chi connectivity index (χ0) is 13.6. The molecule has 1 aliphatic rings. The van der Waals surface area contributed by atoms with Crippen molar-refractivity contribution in [3.05, 3.63) is 50.8 Å². The van der Waals surface area contributed by atoms with Crippen LogP contribution in [0.2, 0.25) is 5.02 Å². The van der Waals surface area contributed by atoms with E-state index in [9.17, 15) is 4.79 Å². The summed E-state index contributed by atoms with van der Waals surface area (Å²) in [4.78, 5) is 14.2. The van der Waals surface area contributed by atoms with Gasteiger partial charge in [0.1, 0.15) is 0 Å². The van der Waals surface area contributed by atoms with Crippen molar-refractivity contribution in [3.8, 4) is 0 Å². The Morgan fingerprint density at radius 1 is 1.42 bits per heavy atom. The van der Waals surface area contributed by atoms with Gasteiger partial charge in [-0.25, -0.2) is 0 Å². The first-order valence-corrected chi connectivity index (χ1v) is 7.09. The number of nitrogens with zero attached hydrogens (tertiary/aromatic N) is 1. The van der Waals surface area contributed by atoms with Gasteiger partial charge in [0.25, 0.3) is 5.91 Å². The third kappa shape index (κ3) is 2.19. The lowest BCUT2D eigenvalue weighted by Gasteiger charge is -2.16. The van der Waals surface area contributed by atoms with E-state index in [0.717, 1.165) is 23.2 Å². The zero-order valence-corrected chi connectivity index (χ0v) is 12.6. The fraction of sp³-hybridized carbons (Fsp3) is 0.214. The van der Waals surface area contributed by atoms with Crippen LogP contribution in [-0.4, -0.2) is 12.5 Å². The normalized spacial score (nSPS) is 13.7. The lowest BCUT2D eigenvalue weighted by atomic mass is 10.2. The molecule has 1 amide bonds. The number of carbonyl (C=O) groups is 1. The van der Waals surface area contributed by atoms with Gasteiger partial charge in [-0.3, -0.25) is 4.79 Å². The molecule has 1 aliphatic heterocycles. The summed E-state index contributed by atoms with van der Waals surface area (Å²) in [5, 5.41) is 0.635. The second kappa shape index (κ2) is 4.69. The molecule has 2 heterocycles. The van der Waals surface area contributed by atoms with Crippen LogP contribution >= 0.6 is 27.5 Å². The molecular formula is C14H11BrClNO2. The van der Waals surface area contributed by atoms with Crippen LogP contribution < -0.4 is 4.90 Å². The van der Waals surface area contributed by atoms with Crippen molar-refractivity contribution in [2.45, 2.75) is 13.3 Å². The van der Waals surface area contributed by atoms with Gasteiger partial charge in [0.15, 0.2) is 10.4 Å². The van der Waals surface area contributed by atoms with Crippen molar-refractivity contribution in [2.24, 2.45) is 0 Å². The molecule has 0 spiro atoms. The number of halogens is 2. The van der Waals surface area contributed by atoms with E-state index in [1.807, 2.05) is 25.1 Å². The Bertz CT molecular complexity index is 665. The van der Waals surface area contributed by atoms with Crippen molar-refractivity contribution in [1.82, 2.24) is 0 Å². The lowest BCUT2D eigenvalue weighted by molar-refractivity contribution is 0.0960. The Morgan fingerprint density at radius 2 is 2.21 bits per heavy atom. The maximum atomic E-state index is 12.5. The number of amides is 1. The Hall–Kier alpha value is -1.26. The van der Waals surface area contributed by atoms with Crippen LogP contribution in [-0.2, 0) is 6.42 Å². The molecule has 5 heteroatoms. The predicted molar refractivity (Wildman–Crippen MR) is 78.0 cm³/mol. The second-order valence-electron chi connectivity index (χ2n) is 4.54. The minimum Gasteiger partial charge on any atom is -0.444 e. The van der Waals surface area contributed by atoms with Crippen LogP contribution in [0.25, 0.3) is 0 Å². The maximum absolute atomic E-state index is 12.5. The van der Waals surface area contributed by atoms with Crippen LogP contribution in [0, 0.1) is 6.92 Å². The van der Waals surface area contributed by atoms with Gasteiger partial charge in [-0.15, -0.1) is 0 Å². The SMILES string of the molecule is Cc1cc(Br)oc1C(=O)N1CCc2ccc(Cl)cc21. The van der Waals surface area contributed by atoms with Crippen molar-refractivity contribution >= 4 is 39.1 Å². The van der Waals surface area contributed by atoms with Crippen molar-refractivity contribution in [2.75, 3.05) is 11.4 Å². The Balaban J connectivity index is 2.00. The summed E-state index contributed by atoms with van der Waals surface area (Å²) in [6.45, 7) is 2.52. The van der Waals surface area contributed by atoms with E-state index in [1.165, 1.54) is 0 Å². The summed E-state index contributed by atoms with van der Waals surface area (Å²) in [6.07, 6.45) is 0.846. The monoisotopic (exact) mass is 339 g/mol. The zero-order valence-electron chi connectivity index (χ0n) is 10.2. The number of furan rings is 1. The summed E-state index contributed by atoms with van der Waals surface area (Å²) in [6, 6.07) is 7.44. The summed E-state index contributed by atoms with van der Waals surface area (Å²) >= 11 is 9.25. The first-order chi connectivity index (χ1) is 9.06. The predicted octanol–water partition coefficient (Wildman–Crippen LogP) is 4.21. The molecule has 0 bridgehead atoms. The standard InChI is InChI=1S/C14H11BrClNO2/c1-8-6-12(15)19-13(8)14(18)17-5-4-9-2-3-10(16)7-11(9)17/h2-3,6-7H,4-5H2,1H3. The van der Waals surface area contributed by atoms with Crippen molar-refractivity contribution < 1.29 is 9.21 Å². The van der Waals surface area contributed by atoms with Crippen LogP contribution in [0.3, 0.4) is 0 Å². The number of rotatable bonds is 1. The minimum absolute atomic E-state index is 0.121. The molecular weight excluding hydrogens is 330 g/mol. The summed E-state index contributed by atoms with van der Waals surface area (Å²) in [7, 11) is 0. The molecule has 0 radical (unpaired) electrons. The van der Waals surface area contributed by atoms with E-state index in [-0.39, 0.29) is 5.91 Å². The number of hydrogen-bond acceptors (Lipinski definition) is 2. The largest absolute Gasteiger partial charge is 0.444 e. The van der Waals surface area contributed by atoms with Gasteiger partial charge < -0.3 is 9.32 Å². The third-order valence-corrected chi connectivity index (χ3v) is 3.90. The van der Waals surface area contributed by atoms with E-state index in [0.29, 0.717) is 22.0 Å². The molecule has 3 rings (SSSR count). The number of benzene rings is 1. The van der Waals surface area contributed by atoms with Crippen LogP contribution in [0.4, 0.5) is 5.69 Å². The highest BCUT2D eigenvalue weighted by atomic mass is 79.9. The average Bonchev–Trinajstić information content (AvgIpc) is 2.91. The number of anilines is 1. The molecule has 3 nitrogen and oxygen atoms in total. The highest BCUT2D eigenvalue weighted by Crippen LogP contribution is 2.33. The molecule has 2 aromatic rings. The number of carbonyl (C=O) groups excluding carboxylic acids is 1. The molecule has 0 aliphatic carbocycles. The van der Waals surface area contributed by atoms with Gasteiger partial charge in [-0.2, -0.15) is 0 Å². The third-order valence-electron chi connectivity index (χ3n) is 3.27. The highest BCUT2D eigenvalue weighted by Gasteiger charge is 2.28. The molecule has 19 heavy (non-hydrogen) atoms. The number of fused-ring (bicyclic) bond motifs is 1. The number of aryl methyl sites for hydroxylation is 1. The van der Waals surface area contributed by atoms with Gasteiger partial charge in [-0.1, -0.05) is 17.7 Å². The smallest absolute Gasteiger partial charge is 0.294 e. The van der Waals surface area contributed by atoms with Gasteiger partial charge in [0, 0.05) is 22.8 Å². The maximum Gasteiger partial charge on any atom is 0.294 e. The van der Waals surface area contributed by atoms with Gasteiger partial charge in [0.05, 0.1) is 0 Å². The summed E-state index contributed by atoms with van der Waals surface area (Å²) in [5.74, 6) is 0.254. The minimum atomic E-state index is -0.121. The summed E-state index contributed by atoms with van der Waals surface area (Å²) < 4.78 is 5.99. The Morgan fingerprint density at radius 3 is 2.89 bits per heavy atom. The van der Waals surface area contributed by atoms with E-state index in [1.54, 1.807) is 11.0 Å². The van der Waals surface area contributed by atoms with Crippen molar-refractivity contribution in [1.29, 1.82) is 0 Å². The molecule has 0 N–H and O–H groups in total. The molecule has 0 atom stereocenters. The second-order valence-corrected chi connectivity index (χ2v) is 5.76. The molecule has 98 valence electrons.